The fraction of sp³-hybridized carbons (Fsp3) is 0.421. The van der Waals surface area contributed by atoms with Crippen molar-refractivity contribution in [1.29, 1.82) is 0 Å². The van der Waals surface area contributed by atoms with Gasteiger partial charge < -0.3 is 14.6 Å². The second-order valence-electron chi connectivity index (χ2n) is 6.67. The molecule has 2 heterocycles. The van der Waals surface area contributed by atoms with Crippen molar-refractivity contribution in [2.45, 2.75) is 25.7 Å². The van der Waals surface area contributed by atoms with Gasteiger partial charge in [-0.15, -0.1) is 0 Å². The van der Waals surface area contributed by atoms with Crippen molar-refractivity contribution in [3.05, 3.63) is 46.2 Å². The van der Waals surface area contributed by atoms with E-state index in [-0.39, 0.29) is 17.2 Å². The van der Waals surface area contributed by atoms with Gasteiger partial charge in [0.15, 0.2) is 0 Å². The van der Waals surface area contributed by atoms with Gasteiger partial charge in [-0.3, -0.25) is 0 Å². The van der Waals surface area contributed by atoms with Gasteiger partial charge in [0.1, 0.15) is 10.6 Å². The van der Waals surface area contributed by atoms with Crippen LogP contribution in [0.1, 0.15) is 28.7 Å². The van der Waals surface area contributed by atoms with E-state index in [4.69, 9.17) is 16.3 Å². The van der Waals surface area contributed by atoms with Crippen LogP contribution in [0.2, 0.25) is 5.02 Å². The first-order valence-electron chi connectivity index (χ1n) is 9.12. The Hall–Kier alpha value is -2.03. The zero-order chi connectivity index (χ0) is 20.5. The van der Waals surface area contributed by atoms with E-state index in [0.717, 1.165) is 5.69 Å². The van der Waals surface area contributed by atoms with Crippen LogP contribution in [0.4, 0.5) is 5.69 Å². The Morgan fingerprint density at radius 2 is 1.89 bits per heavy atom. The summed E-state index contributed by atoms with van der Waals surface area (Å²) in [5, 5.41) is 0.651. The summed E-state index contributed by atoms with van der Waals surface area (Å²) in [5.41, 5.74) is 2.00. The summed E-state index contributed by atoms with van der Waals surface area (Å²) >= 11 is 6.06. The molecule has 0 saturated carbocycles. The molecule has 28 heavy (non-hydrogen) atoms. The Kier molecular flexibility index (Phi) is 6.02. The Balaban J connectivity index is 1.80. The fourth-order valence-corrected chi connectivity index (χ4v) is 5.53. The molecule has 1 aromatic carbocycles. The highest BCUT2D eigenvalue weighted by molar-refractivity contribution is 7.89. The molecule has 0 atom stereocenters. The van der Waals surface area contributed by atoms with Crippen LogP contribution < -0.4 is 4.90 Å². The van der Waals surface area contributed by atoms with E-state index in [1.807, 2.05) is 24.3 Å². The van der Waals surface area contributed by atoms with E-state index >= 15 is 0 Å². The van der Waals surface area contributed by atoms with Gasteiger partial charge >= 0.3 is 5.97 Å². The normalized spacial score (nSPS) is 15.6. The molecule has 0 aliphatic carbocycles. The molecular weight excluding hydrogens is 402 g/mol. The number of esters is 1. The monoisotopic (exact) mass is 425 g/mol. The Labute approximate surface area is 170 Å². The molecular formula is C19H24ClN3O4S. The quantitative estimate of drug-likeness (QED) is 0.744. The average Bonchev–Trinajstić information content (AvgIpc) is 2.97. The third-order valence-corrected chi connectivity index (χ3v) is 7.27. The van der Waals surface area contributed by atoms with Crippen LogP contribution in [0.15, 0.2) is 29.2 Å². The number of carbonyl (C=O) groups is 1. The highest BCUT2D eigenvalue weighted by atomic mass is 35.5. The van der Waals surface area contributed by atoms with Crippen molar-refractivity contribution in [3.63, 3.8) is 0 Å². The standard InChI is InChI=1S/C19H24ClN3O4S/c1-4-27-19(24)17-13(2)18(14(3)21-17)28(25,26)23-10-8-22(9-11-23)16-7-5-6-15(20)12-16/h5-7,12,21H,4,8-11H2,1-3H3. The number of halogens is 1. The summed E-state index contributed by atoms with van der Waals surface area (Å²) < 4.78 is 32.9. The van der Waals surface area contributed by atoms with Gasteiger partial charge in [-0.25, -0.2) is 13.2 Å². The highest BCUT2D eigenvalue weighted by Gasteiger charge is 2.34. The summed E-state index contributed by atoms with van der Waals surface area (Å²) in [6.07, 6.45) is 0. The lowest BCUT2D eigenvalue weighted by Crippen LogP contribution is -2.48. The maximum atomic E-state index is 13.2. The molecule has 1 N–H and O–H groups in total. The molecule has 1 saturated heterocycles. The van der Waals surface area contributed by atoms with E-state index in [9.17, 15) is 13.2 Å². The molecule has 9 heteroatoms. The number of aromatic nitrogens is 1. The number of carbonyl (C=O) groups excluding carboxylic acids is 1. The Morgan fingerprint density at radius 3 is 2.50 bits per heavy atom. The number of aryl methyl sites for hydroxylation is 1. The zero-order valence-electron chi connectivity index (χ0n) is 16.2. The van der Waals surface area contributed by atoms with Crippen molar-refractivity contribution >= 4 is 33.3 Å². The number of aromatic amines is 1. The summed E-state index contributed by atoms with van der Waals surface area (Å²) in [6, 6.07) is 7.52. The average molecular weight is 426 g/mol. The van der Waals surface area contributed by atoms with Gasteiger partial charge in [-0.1, -0.05) is 17.7 Å². The maximum Gasteiger partial charge on any atom is 0.355 e. The number of ether oxygens (including phenoxy) is 1. The number of anilines is 1. The second-order valence-corrected chi connectivity index (χ2v) is 8.98. The minimum Gasteiger partial charge on any atom is -0.461 e. The van der Waals surface area contributed by atoms with Gasteiger partial charge in [0.2, 0.25) is 10.0 Å². The van der Waals surface area contributed by atoms with E-state index in [2.05, 4.69) is 9.88 Å². The smallest absolute Gasteiger partial charge is 0.355 e. The number of benzene rings is 1. The molecule has 0 radical (unpaired) electrons. The zero-order valence-corrected chi connectivity index (χ0v) is 17.7. The Morgan fingerprint density at radius 1 is 1.21 bits per heavy atom. The first kappa shape index (κ1) is 20.7. The number of nitrogens with one attached hydrogen (secondary N) is 1. The molecule has 3 rings (SSSR count). The number of hydrogen-bond donors (Lipinski definition) is 1. The SMILES string of the molecule is CCOC(=O)c1[nH]c(C)c(S(=O)(=O)N2CCN(c3cccc(Cl)c3)CC2)c1C. The third-order valence-electron chi connectivity index (χ3n) is 4.86. The number of H-pyrrole nitrogens is 1. The van der Waals surface area contributed by atoms with Gasteiger partial charge in [0, 0.05) is 48.1 Å². The van der Waals surface area contributed by atoms with Gasteiger partial charge in [0.25, 0.3) is 0 Å². The van der Waals surface area contributed by atoms with Crippen molar-refractivity contribution in [1.82, 2.24) is 9.29 Å². The first-order chi connectivity index (χ1) is 13.3. The minimum absolute atomic E-state index is 0.159. The predicted octanol–water partition coefficient (Wildman–Crippen LogP) is 2.97. The van der Waals surface area contributed by atoms with Crippen LogP contribution in [-0.4, -0.2) is 56.5 Å². The lowest BCUT2D eigenvalue weighted by Gasteiger charge is -2.35. The van der Waals surface area contributed by atoms with Crippen molar-refractivity contribution < 1.29 is 17.9 Å². The third kappa shape index (κ3) is 3.90. The molecule has 0 unspecified atom stereocenters. The summed E-state index contributed by atoms with van der Waals surface area (Å²) in [5.74, 6) is -0.546. The van der Waals surface area contributed by atoms with E-state index in [1.165, 1.54) is 4.31 Å². The molecule has 0 amide bonds. The molecule has 0 bridgehead atoms. The fourth-order valence-electron chi connectivity index (χ4n) is 3.52. The molecule has 152 valence electrons. The largest absolute Gasteiger partial charge is 0.461 e. The summed E-state index contributed by atoms with van der Waals surface area (Å²) in [4.78, 5) is 17.2. The van der Waals surface area contributed by atoms with Crippen molar-refractivity contribution in [3.8, 4) is 0 Å². The second kappa shape index (κ2) is 8.14. The Bertz CT molecular complexity index is 979. The number of sulfonamides is 1. The van der Waals surface area contributed by atoms with Gasteiger partial charge in [0.05, 0.1) is 6.61 Å². The van der Waals surface area contributed by atoms with Gasteiger partial charge in [-0.05, 0) is 39.0 Å². The number of nitrogens with zero attached hydrogens (tertiary/aromatic N) is 2. The molecule has 1 aliphatic heterocycles. The minimum atomic E-state index is -3.72. The molecule has 1 aromatic heterocycles. The van der Waals surface area contributed by atoms with Crippen LogP contribution in [0.25, 0.3) is 0 Å². The molecule has 2 aromatic rings. The van der Waals surface area contributed by atoms with Crippen LogP contribution in [0.3, 0.4) is 0 Å². The molecule has 1 fully saturated rings. The van der Waals surface area contributed by atoms with Crippen LogP contribution in [0, 0.1) is 13.8 Å². The number of hydrogen-bond acceptors (Lipinski definition) is 5. The van der Waals surface area contributed by atoms with E-state index in [0.29, 0.717) is 42.5 Å². The summed E-state index contributed by atoms with van der Waals surface area (Å²) in [7, 11) is -3.72. The van der Waals surface area contributed by atoms with E-state index in [1.54, 1.807) is 20.8 Å². The first-order valence-corrected chi connectivity index (χ1v) is 10.9. The van der Waals surface area contributed by atoms with Crippen molar-refractivity contribution in [2.24, 2.45) is 0 Å². The number of piperazine rings is 1. The van der Waals surface area contributed by atoms with Crippen LogP contribution in [0.5, 0.6) is 0 Å². The molecule has 0 spiro atoms. The van der Waals surface area contributed by atoms with Crippen molar-refractivity contribution in [2.75, 3.05) is 37.7 Å². The lowest BCUT2D eigenvalue weighted by atomic mass is 10.2. The lowest BCUT2D eigenvalue weighted by molar-refractivity contribution is 0.0519. The van der Waals surface area contributed by atoms with Crippen LogP contribution >= 0.6 is 11.6 Å². The topological polar surface area (TPSA) is 82.7 Å². The summed E-state index contributed by atoms with van der Waals surface area (Å²) in [6.45, 7) is 7.06. The molecule has 1 aliphatic rings. The predicted molar refractivity (Wildman–Crippen MR) is 109 cm³/mol. The van der Waals surface area contributed by atoms with Crippen LogP contribution in [-0.2, 0) is 14.8 Å². The molecule has 7 nitrogen and oxygen atoms in total. The maximum absolute atomic E-state index is 13.2. The van der Waals surface area contributed by atoms with Gasteiger partial charge in [-0.2, -0.15) is 4.31 Å². The van der Waals surface area contributed by atoms with E-state index < -0.39 is 16.0 Å². The highest BCUT2D eigenvalue weighted by Crippen LogP contribution is 2.28. The number of rotatable bonds is 5.